The summed E-state index contributed by atoms with van der Waals surface area (Å²) in [6.45, 7) is 2.75. The zero-order chi connectivity index (χ0) is 14.8. The van der Waals surface area contributed by atoms with Gasteiger partial charge in [-0.15, -0.1) is 0 Å². The maximum Gasteiger partial charge on any atom is 0.257 e. The van der Waals surface area contributed by atoms with Crippen LogP contribution in [0.5, 0.6) is 0 Å². The van der Waals surface area contributed by atoms with Gasteiger partial charge in [0.05, 0.1) is 10.6 Å². The highest BCUT2D eigenvalue weighted by Crippen LogP contribution is 2.35. The van der Waals surface area contributed by atoms with Crippen LogP contribution < -0.4 is 0 Å². The Bertz CT molecular complexity index is 526. The van der Waals surface area contributed by atoms with Crippen molar-refractivity contribution < 1.29 is 4.79 Å². The lowest BCUT2D eigenvalue weighted by Crippen LogP contribution is -2.41. The van der Waals surface area contributed by atoms with Gasteiger partial charge < -0.3 is 4.90 Å². The van der Waals surface area contributed by atoms with E-state index in [-0.39, 0.29) is 5.91 Å². The van der Waals surface area contributed by atoms with E-state index in [1.54, 1.807) is 12.3 Å². The summed E-state index contributed by atoms with van der Waals surface area (Å²) in [5.41, 5.74) is 1.41. The molecular weight excluding hydrogens is 284 g/mol. The van der Waals surface area contributed by atoms with Gasteiger partial charge in [-0.3, -0.25) is 9.78 Å². The Morgan fingerprint density at radius 1 is 1.24 bits per heavy atom. The standard InChI is InChI=1S/C17H23ClN2O/c1-12-10-15(18)14(11-19-12)17(21)20-9-5-8-16(20)13-6-3-2-4-7-13/h10-11,13,16H,2-9H2,1H3. The first-order valence-electron chi connectivity index (χ1n) is 8.10. The molecule has 0 aromatic carbocycles. The van der Waals surface area contributed by atoms with Crippen molar-refractivity contribution in [1.82, 2.24) is 9.88 Å². The van der Waals surface area contributed by atoms with Gasteiger partial charge in [-0.2, -0.15) is 0 Å². The number of hydrogen-bond acceptors (Lipinski definition) is 2. The van der Waals surface area contributed by atoms with Gasteiger partial charge in [0.15, 0.2) is 0 Å². The Labute approximate surface area is 131 Å². The molecule has 1 atom stereocenters. The van der Waals surface area contributed by atoms with E-state index in [2.05, 4.69) is 9.88 Å². The van der Waals surface area contributed by atoms with Gasteiger partial charge in [-0.25, -0.2) is 0 Å². The highest BCUT2D eigenvalue weighted by atomic mass is 35.5. The first-order chi connectivity index (χ1) is 10.2. The minimum absolute atomic E-state index is 0.0700. The monoisotopic (exact) mass is 306 g/mol. The number of likely N-dealkylation sites (tertiary alicyclic amines) is 1. The summed E-state index contributed by atoms with van der Waals surface area (Å²) in [5.74, 6) is 0.753. The number of nitrogens with zero attached hydrogens (tertiary/aromatic N) is 2. The molecule has 1 amide bonds. The van der Waals surface area contributed by atoms with Gasteiger partial charge in [0, 0.05) is 24.5 Å². The number of carbonyl (C=O) groups excluding carboxylic acids is 1. The smallest absolute Gasteiger partial charge is 0.257 e. The van der Waals surface area contributed by atoms with Crippen molar-refractivity contribution in [1.29, 1.82) is 0 Å². The van der Waals surface area contributed by atoms with E-state index >= 15 is 0 Å². The lowest BCUT2D eigenvalue weighted by molar-refractivity contribution is 0.0661. The Morgan fingerprint density at radius 2 is 2.00 bits per heavy atom. The SMILES string of the molecule is Cc1cc(Cl)c(C(=O)N2CCCC2C2CCCCC2)cn1. The largest absolute Gasteiger partial charge is 0.335 e. The summed E-state index contributed by atoms with van der Waals surface area (Å²) >= 11 is 6.25. The molecule has 114 valence electrons. The van der Waals surface area contributed by atoms with Gasteiger partial charge >= 0.3 is 0 Å². The molecule has 21 heavy (non-hydrogen) atoms. The Balaban J connectivity index is 1.79. The van der Waals surface area contributed by atoms with E-state index in [1.807, 2.05) is 6.92 Å². The second-order valence-electron chi connectivity index (χ2n) is 6.41. The van der Waals surface area contributed by atoms with Crippen molar-refractivity contribution in [2.75, 3.05) is 6.54 Å². The van der Waals surface area contributed by atoms with Crippen LogP contribution in [0.15, 0.2) is 12.3 Å². The average Bonchev–Trinajstić information content (AvgIpc) is 2.97. The molecule has 1 saturated carbocycles. The molecule has 0 bridgehead atoms. The molecular formula is C17H23ClN2O. The minimum Gasteiger partial charge on any atom is -0.335 e. The molecule has 1 aliphatic carbocycles. The maximum atomic E-state index is 12.8. The third-order valence-corrected chi connectivity index (χ3v) is 5.29. The summed E-state index contributed by atoms with van der Waals surface area (Å²) in [6.07, 6.45) is 10.4. The van der Waals surface area contributed by atoms with Crippen LogP contribution >= 0.6 is 11.6 Å². The molecule has 1 saturated heterocycles. The van der Waals surface area contributed by atoms with E-state index in [0.717, 1.165) is 25.1 Å². The van der Waals surface area contributed by atoms with Crippen molar-refractivity contribution in [3.8, 4) is 0 Å². The van der Waals surface area contributed by atoms with Crippen LogP contribution in [0.2, 0.25) is 5.02 Å². The lowest BCUT2D eigenvalue weighted by atomic mass is 9.83. The summed E-state index contributed by atoms with van der Waals surface area (Å²) in [5, 5.41) is 0.529. The van der Waals surface area contributed by atoms with Gasteiger partial charge in [0.1, 0.15) is 0 Å². The predicted molar refractivity (Wildman–Crippen MR) is 84.6 cm³/mol. The van der Waals surface area contributed by atoms with Crippen LogP contribution in [0.4, 0.5) is 0 Å². The number of pyridine rings is 1. The van der Waals surface area contributed by atoms with Crippen molar-refractivity contribution in [3.05, 3.63) is 28.5 Å². The van der Waals surface area contributed by atoms with Gasteiger partial charge in [-0.05, 0) is 44.6 Å². The molecule has 0 N–H and O–H groups in total. The summed E-state index contributed by atoms with van der Waals surface area (Å²) in [4.78, 5) is 19.1. The number of halogens is 1. The number of rotatable bonds is 2. The Kier molecular flexibility index (Phi) is 4.48. The Hall–Kier alpha value is -1.09. The van der Waals surface area contributed by atoms with Gasteiger partial charge in [0.2, 0.25) is 0 Å². The second-order valence-corrected chi connectivity index (χ2v) is 6.82. The maximum absolute atomic E-state index is 12.8. The molecule has 1 aliphatic heterocycles. The third kappa shape index (κ3) is 3.08. The van der Waals surface area contributed by atoms with Crippen LogP contribution in [-0.4, -0.2) is 28.4 Å². The molecule has 0 radical (unpaired) electrons. The molecule has 0 spiro atoms. The number of amides is 1. The fourth-order valence-corrected chi connectivity index (χ4v) is 4.18. The average molecular weight is 307 g/mol. The fraction of sp³-hybridized carbons (Fsp3) is 0.647. The van der Waals surface area contributed by atoms with E-state index in [9.17, 15) is 4.79 Å². The Morgan fingerprint density at radius 3 is 2.71 bits per heavy atom. The molecule has 3 nitrogen and oxygen atoms in total. The van der Waals surface area contributed by atoms with Crippen LogP contribution in [0.1, 0.15) is 61.0 Å². The van der Waals surface area contributed by atoms with Crippen LogP contribution in [0.25, 0.3) is 0 Å². The van der Waals surface area contributed by atoms with Crippen LogP contribution in [0.3, 0.4) is 0 Å². The molecule has 1 aromatic heterocycles. The normalized spacial score (nSPS) is 23.5. The van der Waals surface area contributed by atoms with E-state index in [1.165, 1.54) is 32.1 Å². The van der Waals surface area contributed by atoms with Gasteiger partial charge in [0.25, 0.3) is 5.91 Å². The molecule has 2 heterocycles. The van der Waals surface area contributed by atoms with Crippen molar-refractivity contribution in [2.24, 2.45) is 5.92 Å². The summed E-state index contributed by atoms with van der Waals surface area (Å²) in [7, 11) is 0. The van der Waals surface area contributed by atoms with E-state index in [4.69, 9.17) is 11.6 Å². The topological polar surface area (TPSA) is 33.2 Å². The predicted octanol–water partition coefficient (Wildman–Crippen LogP) is 4.23. The minimum atomic E-state index is 0.0700. The first-order valence-corrected chi connectivity index (χ1v) is 8.48. The number of aryl methyl sites for hydroxylation is 1. The van der Waals surface area contributed by atoms with E-state index < -0.39 is 0 Å². The first kappa shape index (κ1) is 14.8. The molecule has 1 aromatic rings. The van der Waals surface area contributed by atoms with Gasteiger partial charge in [-0.1, -0.05) is 30.9 Å². The highest BCUT2D eigenvalue weighted by Gasteiger charge is 2.36. The van der Waals surface area contributed by atoms with Crippen molar-refractivity contribution in [3.63, 3.8) is 0 Å². The second kappa shape index (κ2) is 6.35. The number of aromatic nitrogens is 1. The molecule has 4 heteroatoms. The van der Waals surface area contributed by atoms with E-state index in [0.29, 0.717) is 22.5 Å². The number of hydrogen-bond donors (Lipinski definition) is 0. The van der Waals surface area contributed by atoms with Crippen LogP contribution in [-0.2, 0) is 0 Å². The molecule has 2 fully saturated rings. The van der Waals surface area contributed by atoms with Crippen LogP contribution in [0, 0.1) is 12.8 Å². The molecule has 1 unspecified atom stereocenters. The molecule has 2 aliphatic rings. The zero-order valence-electron chi connectivity index (χ0n) is 12.6. The lowest BCUT2D eigenvalue weighted by Gasteiger charge is -2.34. The molecule has 3 rings (SSSR count). The number of carbonyl (C=O) groups is 1. The van der Waals surface area contributed by atoms with Crippen molar-refractivity contribution in [2.45, 2.75) is 57.9 Å². The zero-order valence-corrected chi connectivity index (χ0v) is 13.4. The third-order valence-electron chi connectivity index (χ3n) is 4.97. The summed E-state index contributed by atoms with van der Waals surface area (Å²) in [6, 6.07) is 2.19. The quantitative estimate of drug-likeness (QED) is 0.819. The fourth-order valence-electron chi connectivity index (χ4n) is 3.89. The van der Waals surface area contributed by atoms with Crippen molar-refractivity contribution >= 4 is 17.5 Å². The highest BCUT2D eigenvalue weighted by molar-refractivity contribution is 6.33. The summed E-state index contributed by atoms with van der Waals surface area (Å²) < 4.78 is 0.